The molecule has 1 N–H and O–H groups in total. The summed E-state index contributed by atoms with van der Waals surface area (Å²) in [7, 11) is -3.66. The second kappa shape index (κ2) is 8.78. The highest BCUT2D eigenvalue weighted by Crippen LogP contribution is 2.27. The van der Waals surface area contributed by atoms with E-state index in [0.717, 1.165) is 36.3 Å². The molecule has 0 radical (unpaired) electrons. The second-order valence-corrected chi connectivity index (χ2v) is 10.7. The number of hydrogen-bond acceptors (Lipinski definition) is 6. The van der Waals surface area contributed by atoms with Crippen LogP contribution in [0.1, 0.15) is 32.6 Å². The van der Waals surface area contributed by atoms with Gasteiger partial charge in [-0.1, -0.05) is 11.3 Å². The van der Waals surface area contributed by atoms with Gasteiger partial charge in [0, 0.05) is 38.7 Å². The molecule has 2 saturated heterocycles. The van der Waals surface area contributed by atoms with Gasteiger partial charge < -0.3 is 10.1 Å². The minimum absolute atomic E-state index is 0.0188. The molecule has 3 heterocycles. The first kappa shape index (κ1) is 21.5. The molecule has 10 heteroatoms. The van der Waals surface area contributed by atoms with Crippen molar-refractivity contribution in [2.24, 2.45) is 5.92 Å². The van der Waals surface area contributed by atoms with Gasteiger partial charge in [-0.15, -0.1) is 0 Å². The van der Waals surface area contributed by atoms with E-state index in [2.05, 4.69) is 5.32 Å². The summed E-state index contributed by atoms with van der Waals surface area (Å²) in [5, 5.41) is 2.95. The van der Waals surface area contributed by atoms with E-state index in [1.165, 1.54) is 4.31 Å². The number of nitrogens with zero attached hydrogens (tertiary/aromatic N) is 2. The van der Waals surface area contributed by atoms with Crippen LogP contribution in [0.4, 0.5) is 0 Å². The van der Waals surface area contributed by atoms with E-state index in [0.29, 0.717) is 43.7 Å². The lowest BCUT2D eigenvalue weighted by atomic mass is 9.97. The first-order valence-corrected chi connectivity index (χ1v) is 12.7. The second-order valence-electron chi connectivity index (χ2n) is 7.80. The Hall–Kier alpha value is -1.75. The normalized spacial score (nSPS) is 21.3. The molecular formula is C20H27N3O5S2. The first-order valence-electron chi connectivity index (χ1n) is 10.4. The maximum Gasteiger partial charge on any atom is 0.308 e. The van der Waals surface area contributed by atoms with Crippen molar-refractivity contribution in [1.29, 1.82) is 0 Å². The number of fused-ring (bicyclic) bond motifs is 1. The van der Waals surface area contributed by atoms with Crippen LogP contribution in [0.2, 0.25) is 0 Å². The number of ether oxygens (including phenoxy) is 1. The maximum atomic E-state index is 13.1. The number of thiazole rings is 1. The maximum absolute atomic E-state index is 13.1. The van der Waals surface area contributed by atoms with Crippen LogP contribution in [0.15, 0.2) is 27.9 Å². The van der Waals surface area contributed by atoms with Gasteiger partial charge in [0.05, 0.1) is 21.2 Å². The predicted molar refractivity (Wildman–Crippen MR) is 115 cm³/mol. The Kier molecular flexibility index (Phi) is 6.29. The van der Waals surface area contributed by atoms with E-state index in [4.69, 9.17) is 4.74 Å². The quantitative estimate of drug-likeness (QED) is 0.719. The fourth-order valence-corrected chi connectivity index (χ4v) is 6.74. The highest BCUT2D eigenvalue weighted by molar-refractivity contribution is 7.89. The van der Waals surface area contributed by atoms with Crippen LogP contribution in [0, 0.1) is 5.92 Å². The fourth-order valence-electron chi connectivity index (χ4n) is 4.18. The number of hydrogen-bond donors (Lipinski definition) is 1. The van der Waals surface area contributed by atoms with Crippen molar-refractivity contribution in [3.63, 3.8) is 0 Å². The van der Waals surface area contributed by atoms with Crippen molar-refractivity contribution in [1.82, 2.24) is 14.2 Å². The van der Waals surface area contributed by atoms with Crippen LogP contribution in [0.5, 0.6) is 0 Å². The van der Waals surface area contributed by atoms with Gasteiger partial charge in [-0.3, -0.25) is 14.2 Å². The summed E-state index contributed by atoms with van der Waals surface area (Å²) in [6.07, 6.45) is 3.10. The fraction of sp³-hybridized carbons (Fsp3) is 0.600. The summed E-state index contributed by atoms with van der Waals surface area (Å²) >= 11 is 1.06. The molecule has 8 nitrogen and oxygen atoms in total. The molecule has 0 bridgehead atoms. The van der Waals surface area contributed by atoms with Crippen molar-refractivity contribution in [3.8, 4) is 0 Å². The number of sulfonamides is 1. The Morgan fingerprint density at radius 2 is 2.03 bits per heavy atom. The molecule has 2 aromatic rings. The van der Waals surface area contributed by atoms with Gasteiger partial charge in [-0.2, -0.15) is 4.31 Å². The molecule has 0 spiro atoms. The van der Waals surface area contributed by atoms with E-state index >= 15 is 0 Å². The van der Waals surface area contributed by atoms with Gasteiger partial charge in [0.15, 0.2) is 0 Å². The monoisotopic (exact) mass is 453 g/mol. The summed E-state index contributed by atoms with van der Waals surface area (Å²) in [5.74, 6) is -0.196. The molecule has 0 saturated carbocycles. The number of aromatic nitrogens is 1. The molecule has 2 aliphatic rings. The number of nitrogens with one attached hydrogen (secondary N) is 1. The Balaban J connectivity index is 1.40. The van der Waals surface area contributed by atoms with Gasteiger partial charge in [0.2, 0.25) is 15.9 Å². The third kappa shape index (κ3) is 4.18. The van der Waals surface area contributed by atoms with Gasteiger partial charge in [0.25, 0.3) is 0 Å². The Labute approximate surface area is 179 Å². The van der Waals surface area contributed by atoms with Gasteiger partial charge in [-0.25, -0.2) is 8.42 Å². The summed E-state index contributed by atoms with van der Waals surface area (Å²) < 4.78 is 35.5. The van der Waals surface area contributed by atoms with Crippen molar-refractivity contribution in [2.45, 2.75) is 50.2 Å². The molecule has 164 valence electrons. The molecule has 2 fully saturated rings. The predicted octanol–water partition coefficient (Wildman–Crippen LogP) is 1.78. The average Bonchev–Trinajstić information content (AvgIpc) is 3.38. The zero-order chi connectivity index (χ0) is 21.3. The number of piperidine rings is 1. The molecule has 4 rings (SSSR count). The number of amides is 1. The topological polar surface area (TPSA) is 97.7 Å². The minimum atomic E-state index is -3.66. The average molecular weight is 454 g/mol. The van der Waals surface area contributed by atoms with Gasteiger partial charge >= 0.3 is 4.87 Å². The van der Waals surface area contributed by atoms with Crippen LogP contribution >= 0.6 is 11.3 Å². The molecule has 2 aliphatic heterocycles. The van der Waals surface area contributed by atoms with Crippen LogP contribution < -0.4 is 10.2 Å². The number of carbonyl (C=O) groups is 1. The molecule has 0 unspecified atom stereocenters. The Morgan fingerprint density at radius 3 is 2.70 bits per heavy atom. The number of rotatable bonds is 6. The molecule has 1 aromatic heterocycles. The third-order valence-corrected chi connectivity index (χ3v) is 8.78. The van der Waals surface area contributed by atoms with Crippen molar-refractivity contribution in [2.75, 3.05) is 26.2 Å². The molecule has 1 atom stereocenters. The lowest BCUT2D eigenvalue weighted by Gasteiger charge is -2.30. The van der Waals surface area contributed by atoms with Gasteiger partial charge in [0.1, 0.15) is 0 Å². The summed E-state index contributed by atoms with van der Waals surface area (Å²) in [5.41, 5.74) is 0.757. The van der Waals surface area contributed by atoms with Crippen LogP contribution in [0.25, 0.3) is 10.2 Å². The van der Waals surface area contributed by atoms with Crippen LogP contribution in [0.3, 0.4) is 0 Å². The van der Waals surface area contributed by atoms with Crippen molar-refractivity contribution < 1.29 is 17.9 Å². The standard InChI is InChI=1S/C20H27N3O5S2/c1-2-23-17-6-5-16(12-18(17)29-20(23)25)30(26,27)22-9-7-14(8-10-22)19(24)21-13-15-4-3-11-28-15/h5-6,12,14-15H,2-4,7-11,13H2,1H3,(H,21,24)/t15-/m1/s1. The Bertz CT molecular complexity index is 1080. The minimum Gasteiger partial charge on any atom is -0.376 e. The lowest BCUT2D eigenvalue weighted by Crippen LogP contribution is -2.44. The number of carbonyl (C=O) groups excluding carboxylic acids is 1. The molecule has 1 aromatic carbocycles. The third-order valence-electron chi connectivity index (χ3n) is 5.95. The molecule has 30 heavy (non-hydrogen) atoms. The highest BCUT2D eigenvalue weighted by Gasteiger charge is 2.32. The highest BCUT2D eigenvalue weighted by atomic mass is 32.2. The van der Waals surface area contributed by atoms with Crippen LogP contribution in [-0.4, -0.2) is 55.5 Å². The zero-order valence-corrected chi connectivity index (χ0v) is 18.6. The molecule has 1 amide bonds. The van der Waals surface area contributed by atoms with E-state index in [9.17, 15) is 18.0 Å². The summed E-state index contributed by atoms with van der Waals surface area (Å²) in [6, 6.07) is 4.86. The van der Waals surface area contributed by atoms with Crippen molar-refractivity contribution >= 4 is 37.5 Å². The molecule has 0 aliphatic carbocycles. The molecular weight excluding hydrogens is 426 g/mol. The smallest absolute Gasteiger partial charge is 0.308 e. The van der Waals surface area contributed by atoms with Gasteiger partial charge in [-0.05, 0) is 50.8 Å². The van der Waals surface area contributed by atoms with Crippen LogP contribution in [-0.2, 0) is 26.1 Å². The van der Waals surface area contributed by atoms with Crippen molar-refractivity contribution in [3.05, 3.63) is 27.9 Å². The Morgan fingerprint density at radius 1 is 1.27 bits per heavy atom. The number of benzene rings is 1. The summed E-state index contributed by atoms with van der Waals surface area (Å²) in [6.45, 7) is 4.34. The van der Waals surface area contributed by atoms with E-state index in [1.807, 2.05) is 6.92 Å². The lowest BCUT2D eigenvalue weighted by molar-refractivity contribution is -0.126. The van der Waals surface area contributed by atoms with E-state index in [-0.39, 0.29) is 27.7 Å². The van der Waals surface area contributed by atoms with E-state index in [1.54, 1.807) is 22.8 Å². The first-order chi connectivity index (χ1) is 14.4. The SMILES string of the molecule is CCn1c(=O)sc2cc(S(=O)(=O)N3CCC(C(=O)NC[C@H]4CCCO4)CC3)ccc21. The number of aryl methyl sites for hydroxylation is 1. The van der Waals surface area contributed by atoms with E-state index < -0.39 is 10.0 Å². The zero-order valence-electron chi connectivity index (χ0n) is 17.0. The largest absolute Gasteiger partial charge is 0.376 e. The summed E-state index contributed by atoms with van der Waals surface area (Å²) in [4.78, 5) is 24.6.